The number of aryl methyl sites for hydroxylation is 1. The van der Waals surface area contributed by atoms with Gasteiger partial charge in [0.1, 0.15) is 5.75 Å². The lowest BCUT2D eigenvalue weighted by Crippen LogP contribution is -2.34. The van der Waals surface area contributed by atoms with Gasteiger partial charge in [0, 0.05) is 12.6 Å². The van der Waals surface area contributed by atoms with Crippen molar-refractivity contribution < 1.29 is 27.5 Å². The van der Waals surface area contributed by atoms with Crippen LogP contribution in [0.1, 0.15) is 41.2 Å². The molecular formula is C23H24F3N5O3. The number of alkyl halides is 3. The van der Waals surface area contributed by atoms with E-state index < -0.39 is 29.2 Å². The molecule has 0 saturated heterocycles. The molecule has 3 rings (SSSR count). The van der Waals surface area contributed by atoms with Crippen LogP contribution in [-0.2, 0) is 23.6 Å². The van der Waals surface area contributed by atoms with Gasteiger partial charge in [-0.25, -0.2) is 0 Å². The number of carbonyl (C=O) groups excluding carboxylic acids is 2. The minimum absolute atomic E-state index is 0.0166. The summed E-state index contributed by atoms with van der Waals surface area (Å²) < 4.78 is 48.1. The smallest absolute Gasteiger partial charge is 0.417 e. The average Bonchev–Trinajstić information content (AvgIpc) is 3.14. The van der Waals surface area contributed by atoms with Gasteiger partial charge in [-0.3, -0.25) is 9.59 Å². The van der Waals surface area contributed by atoms with Crippen LogP contribution in [0.15, 0.2) is 42.5 Å². The van der Waals surface area contributed by atoms with Crippen LogP contribution in [0.3, 0.4) is 0 Å². The van der Waals surface area contributed by atoms with E-state index in [1.54, 1.807) is 46.0 Å². The number of rotatable bonds is 7. The van der Waals surface area contributed by atoms with Crippen molar-refractivity contribution in [2.24, 2.45) is 12.8 Å². The summed E-state index contributed by atoms with van der Waals surface area (Å²) in [7, 11) is 1.54. The summed E-state index contributed by atoms with van der Waals surface area (Å²) in [5, 5.41) is 10.5. The minimum Gasteiger partial charge on any atom is -0.479 e. The van der Waals surface area contributed by atoms with Crippen molar-refractivity contribution in [3.8, 4) is 17.1 Å². The van der Waals surface area contributed by atoms with E-state index in [0.29, 0.717) is 0 Å². The Morgan fingerprint density at radius 1 is 1.12 bits per heavy atom. The number of hydrogen-bond donors (Lipinski definition) is 2. The maximum Gasteiger partial charge on any atom is 0.417 e. The summed E-state index contributed by atoms with van der Waals surface area (Å²) in [4.78, 5) is 23.6. The topological polar surface area (TPSA) is 112 Å². The quantitative estimate of drug-likeness (QED) is 0.544. The number of halogens is 3. The monoisotopic (exact) mass is 475 g/mol. The van der Waals surface area contributed by atoms with Gasteiger partial charge in [-0.05, 0) is 39.0 Å². The van der Waals surface area contributed by atoms with Crippen LogP contribution >= 0.6 is 0 Å². The van der Waals surface area contributed by atoms with E-state index in [1.807, 2.05) is 0 Å². The van der Waals surface area contributed by atoms with Crippen LogP contribution in [0.4, 0.5) is 13.2 Å². The first kappa shape index (κ1) is 24.7. The zero-order chi connectivity index (χ0) is 25.3. The first-order valence-corrected chi connectivity index (χ1v) is 10.2. The molecule has 0 fully saturated rings. The van der Waals surface area contributed by atoms with Crippen molar-refractivity contribution in [3.05, 3.63) is 65.0 Å². The molecule has 0 radical (unpaired) electrons. The zero-order valence-electron chi connectivity index (χ0n) is 19.0. The largest absolute Gasteiger partial charge is 0.479 e. The molecule has 1 aromatic heterocycles. The van der Waals surface area contributed by atoms with Crippen LogP contribution in [0.5, 0.6) is 5.75 Å². The summed E-state index contributed by atoms with van der Waals surface area (Å²) in [5.41, 5.74) is 3.90. The molecule has 11 heteroatoms. The molecule has 0 aliphatic carbocycles. The maximum absolute atomic E-state index is 13.5. The van der Waals surface area contributed by atoms with Crippen molar-refractivity contribution in [2.45, 2.75) is 32.5 Å². The predicted molar refractivity (Wildman–Crippen MR) is 118 cm³/mol. The van der Waals surface area contributed by atoms with E-state index >= 15 is 0 Å². The Bertz CT molecular complexity index is 1230. The lowest BCUT2D eigenvalue weighted by atomic mass is 10.1. The van der Waals surface area contributed by atoms with Gasteiger partial charge >= 0.3 is 6.18 Å². The summed E-state index contributed by atoms with van der Waals surface area (Å²) in [6.45, 7) is 4.75. The summed E-state index contributed by atoms with van der Waals surface area (Å²) in [6, 6.07) is 10.0. The third kappa shape index (κ3) is 5.19. The molecule has 0 aliphatic heterocycles. The molecule has 3 aromatic rings. The van der Waals surface area contributed by atoms with Gasteiger partial charge in [0.15, 0.2) is 17.2 Å². The molecule has 0 unspecified atom stereocenters. The summed E-state index contributed by atoms with van der Waals surface area (Å²) in [6.07, 6.45) is -4.57. The maximum atomic E-state index is 13.5. The lowest BCUT2D eigenvalue weighted by molar-refractivity contribution is -0.137. The van der Waals surface area contributed by atoms with E-state index in [9.17, 15) is 22.8 Å². The van der Waals surface area contributed by atoms with Gasteiger partial charge in [-0.15, -0.1) is 10.2 Å². The number of amides is 2. The van der Waals surface area contributed by atoms with E-state index in [0.717, 1.165) is 11.6 Å². The van der Waals surface area contributed by atoms with E-state index in [-0.39, 0.29) is 35.1 Å². The minimum atomic E-state index is -4.57. The van der Waals surface area contributed by atoms with Crippen LogP contribution in [-0.4, -0.2) is 33.1 Å². The van der Waals surface area contributed by atoms with Gasteiger partial charge in [0.05, 0.1) is 17.7 Å². The number of benzene rings is 2. The third-order valence-corrected chi connectivity index (χ3v) is 5.05. The number of aromatic nitrogens is 3. The molecule has 0 atom stereocenters. The van der Waals surface area contributed by atoms with E-state index in [1.165, 1.54) is 22.8 Å². The molecule has 2 amide bonds. The molecular weight excluding hydrogens is 451 g/mol. The van der Waals surface area contributed by atoms with Gasteiger partial charge in [0.2, 0.25) is 5.91 Å². The van der Waals surface area contributed by atoms with Crippen molar-refractivity contribution >= 4 is 11.8 Å². The highest BCUT2D eigenvalue weighted by Gasteiger charge is 2.36. The third-order valence-electron chi connectivity index (χ3n) is 5.05. The Balaban J connectivity index is 1.98. The molecule has 1 heterocycles. The molecule has 0 spiro atoms. The van der Waals surface area contributed by atoms with Crippen molar-refractivity contribution in [1.82, 2.24) is 20.1 Å². The van der Waals surface area contributed by atoms with Crippen molar-refractivity contribution in [1.29, 1.82) is 0 Å². The second-order valence-corrected chi connectivity index (χ2v) is 8.21. The summed E-state index contributed by atoms with van der Waals surface area (Å²) in [5.74, 6) is -0.815. The highest BCUT2D eigenvalue weighted by atomic mass is 19.4. The van der Waals surface area contributed by atoms with E-state index in [4.69, 9.17) is 10.5 Å². The van der Waals surface area contributed by atoms with E-state index in [2.05, 4.69) is 15.5 Å². The number of nitrogens with one attached hydrogen (secondary N) is 1. The standard InChI is InChI=1S/C23H24F3N5O3/c1-13-9-10-17(15(11-13)20(33)28-12-18(27)32)34-22(2,3)21-30-29-19(31(21)4)14-7-5-6-8-16(14)23(24,25)26/h5-11H,12H2,1-4H3,(H2,27,32)(H,28,33). The van der Waals surface area contributed by atoms with Crippen molar-refractivity contribution in [2.75, 3.05) is 6.54 Å². The number of nitrogens with zero attached hydrogens (tertiary/aromatic N) is 3. The fourth-order valence-corrected chi connectivity index (χ4v) is 3.51. The Hall–Kier alpha value is -3.89. The molecule has 0 bridgehead atoms. The first-order chi connectivity index (χ1) is 15.8. The molecule has 2 aromatic carbocycles. The fourth-order valence-electron chi connectivity index (χ4n) is 3.51. The molecule has 0 aliphatic rings. The van der Waals surface area contributed by atoms with Gasteiger partial charge in [0.25, 0.3) is 5.91 Å². The van der Waals surface area contributed by atoms with Gasteiger partial charge in [-0.2, -0.15) is 13.2 Å². The number of nitrogens with two attached hydrogens (primary N) is 1. The Kier molecular flexibility index (Phi) is 6.67. The summed E-state index contributed by atoms with van der Waals surface area (Å²) >= 11 is 0. The Morgan fingerprint density at radius 2 is 1.79 bits per heavy atom. The normalized spacial score (nSPS) is 11.9. The van der Waals surface area contributed by atoms with Gasteiger partial charge < -0.3 is 20.4 Å². The Morgan fingerprint density at radius 3 is 2.44 bits per heavy atom. The number of ether oxygens (including phenoxy) is 1. The second-order valence-electron chi connectivity index (χ2n) is 8.21. The molecule has 8 nitrogen and oxygen atoms in total. The van der Waals surface area contributed by atoms with Crippen LogP contribution in [0, 0.1) is 6.92 Å². The average molecular weight is 475 g/mol. The number of hydrogen-bond acceptors (Lipinski definition) is 5. The number of primary amides is 1. The first-order valence-electron chi connectivity index (χ1n) is 10.2. The van der Waals surface area contributed by atoms with Crippen molar-refractivity contribution in [3.63, 3.8) is 0 Å². The number of carbonyl (C=O) groups is 2. The van der Waals surface area contributed by atoms with Crippen LogP contribution in [0.25, 0.3) is 11.4 Å². The molecule has 34 heavy (non-hydrogen) atoms. The Labute approximate surface area is 193 Å². The zero-order valence-corrected chi connectivity index (χ0v) is 19.0. The second kappa shape index (κ2) is 9.16. The van der Waals surface area contributed by atoms with Crippen LogP contribution < -0.4 is 15.8 Å². The SMILES string of the molecule is Cc1ccc(OC(C)(C)c2nnc(-c3ccccc3C(F)(F)F)n2C)c(C(=O)NCC(N)=O)c1. The lowest BCUT2D eigenvalue weighted by Gasteiger charge is -2.27. The van der Waals surface area contributed by atoms with Crippen LogP contribution in [0.2, 0.25) is 0 Å². The molecule has 3 N–H and O–H groups in total. The fraction of sp³-hybridized carbons (Fsp3) is 0.304. The predicted octanol–water partition coefficient (Wildman–Crippen LogP) is 3.34. The molecule has 0 saturated carbocycles. The van der Waals surface area contributed by atoms with Gasteiger partial charge in [-0.1, -0.05) is 29.8 Å². The highest BCUT2D eigenvalue weighted by molar-refractivity contribution is 5.98. The highest BCUT2D eigenvalue weighted by Crippen LogP contribution is 2.37. The molecule has 180 valence electrons.